The number of hydrogen-bond donors (Lipinski definition) is 0. The zero-order valence-corrected chi connectivity index (χ0v) is 17.9. The highest BCUT2D eigenvalue weighted by Crippen LogP contribution is 2.21. The first-order valence-corrected chi connectivity index (χ1v) is 11.3. The zero-order valence-electron chi connectivity index (χ0n) is 17.1. The molecule has 0 aromatic heterocycles. The van der Waals surface area contributed by atoms with Crippen molar-refractivity contribution in [2.24, 2.45) is 0 Å². The number of hydrogen-bond acceptors (Lipinski definition) is 5. The minimum absolute atomic E-state index is 0.00600. The Labute approximate surface area is 177 Å². The van der Waals surface area contributed by atoms with E-state index in [0.29, 0.717) is 25.3 Å². The molecule has 0 saturated carbocycles. The van der Waals surface area contributed by atoms with Crippen molar-refractivity contribution in [1.82, 2.24) is 9.21 Å². The average Bonchev–Trinajstić information content (AvgIpc) is 2.77. The fourth-order valence-corrected chi connectivity index (χ4v) is 4.81. The number of ether oxygens (including phenoxy) is 1. The van der Waals surface area contributed by atoms with Crippen LogP contribution >= 0.6 is 0 Å². The molecule has 0 unspecified atom stereocenters. The molecular formula is C22H25N3O4S. The molecule has 1 heterocycles. The third kappa shape index (κ3) is 4.87. The molecule has 0 spiro atoms. The van der Waals surface area contributed by atoms with Gasteiger partial charge in [-0.2, -0.15) is 9.57 Å². The largest absolute Gasteiger partial charge is 0.374 e. The van der Waals surface area contributed by atoms with Crippen LogP contribution in [0.3, 0.4) is 0 Å². The molecule has 0 bridgehead atoms. The third-order valence-electron chi connectivity index (χ3n) is 4.94. The molecule has 1 aliphatic rings. The second-order valence-corrected chi connectivity index (χ2v) is 9.27. The molecule has 1 aliphatic heterocycles. The van der Waals surface area contributed by atoms with Crippen molar-refractivity contribution in [3.05, 3.63) is 65.2 Å². The van der Waals surface area contributed by atoms with Crippen LogP contribution in [0.25, 0.3) is 0 Å². The van der Waals surface area contributed by atoms with Gasteiger partial charge < -0.3 is 9.64 Å². The molecule has 8 heteroatoms. The Morgan fingerprint density at radius 2 is 1.70 bits per heavy atom. The van der Waals surface area contributed by atoms with E-state index in [2.05, 4.69) is 0 Å². The van der Waals surface area contributed by atoms with Gasteiger partial charge in [-0.15, -0.1) is 0 Å². The van der Waals surface area contributed by atoms with Crippen LogP contribution in [0.4, 0.5) is 0 Å². The lowest BCUT2D eigenvalue weighted by atomic mass is 10.1. The number of carbonyl (C=O) groups excluding carboxylic acids is 1. The van der Waals surface area contributed by atoms with Crippen molar-refractivity contribution >= 4 is 15.9 Å². The molecule has 7 nitrogen and oxygen atoms in total. The molecule has 3 rings (SSSR count). The quantitative estimate of drug-likeness (QED) is 0.707. The van der Waals surface area contributed by atoms with Crippen molar-refractivity contribution in [3.8, 4) is 6.07 Å². The van der Waals surface area contributed by atoms with E-state index in [-0.39, 0.29) is 35.6 Å². The number of benzene rings is 2. The van der Waals surface area contributed by atoms with E-state index in [4.69, 9.17) is 4.74 Å². The average molecular weight is 428 g/mol. The molecule has 158 valence electrons. The van der Waals surface area contributed by atoms with Gasteiger partial charge in [-0.25, -0.2) is 8.42 Å². The van der Waals surface area contributed by atoms with Crippen LogP contribution in [-0.2, 0) is 21.4 Å². The number of piperazine rings is 1. The number of nitrogens with zero attached hydrogens (tertiary/aromatic N) is 3. The Bertz CT molecular complexity index is 1030. The van der Waals surface area contributed by atoms with Crippen LogP contribution in [0.5, 0.6) is 0 Å². The number of nitriles is 1. The van der Waals surface area contributed by atoms with E-state index in [1.54, 1.807) is 29.2 Å². The number of sulfonamides is 1. The maximum absolute atomic E-state index is 12.9. The molecule has 2 aromatic rings. The highest BCUT2D eigenvalue weighted by Gasteiger charge is 2.31. The Hall–Kier alpha value is -2.73. The van der Waals surface area contributed by atoms with Crippen LogP contribution in [0.1, 0.15) is 35.3 Å². The Morgan fingerprint density at radius 1 is 1.07 bits per heavy atom. The molecule has 2 aromatic carbocycles. The topological polar surface area (TPSA) is 90.7 Å². The minimum atomic E-state index is -3.78. The second kappa shape index (κ2) is 9.39. The van der Waals surface area contributed by atoms with Gasteiger partial charge in [0.05, 0.1) is 23.2 Å². The predicted molar refractivity (Wildman–Crippen MR) is 112 cm³/mol. The summed E-state index contributed by atoms with van der Waals surface area (Å²) in [7, 11) is -3.78. The normalized spacial score (nSPS) is 15.2. The van der Waals surface area contributed by atoms with Crippen molar-refractivity contribution in [2.75, 3.05) is 26.2 Å². The van der Waals surface area contributed by atoms with Gasteiger partial charge >= 0.3 is 0 Å². The molecule has 0 atom stereocenters. The van der Waals surface area contributed by atoms with Gasteiger partial charge in [-0.3, -0.25) is 4.79 Å². The fraction of sp³-hybridized carbons (Fsp3) is 0.364. The van der Waals surface area contributed by atoms with Crippen LogP contribution in [0, 0.1) is 11.3 Å². The maximum Gasteiger partial charge on any atom is 0.253 e. The lowest BCUT2D eigenvalue weighted by Gasteiger charge is -2.34. The van der Waals surface area contributed by atoms with Crippen LogP contribution in [0.2, 0.25) is 0 Å². The minimum Gasteiger partial charge on any atom is -0.374 e. The van der Waals surface area contributed by atoms with E-state index < -0.39 is 10.0 Å². The standard InChI is InChI=1S/C22H25N3O4S/c1-17(2)29-16-18-7-9-19(10-8-18)22(26)24-11-13-25(14-12-24)30(27,28)21-6-4-3-5-20(21)15-23/h3-10,17H,11-14,16H2,1-2H3. The number of carbonyl (C=O) groups is 1. The smallest absolute Gasteiger partial charge is 0.253 e. The maximum atomic E-state index is 12.9. The monoisotopic (exact) mass is 427 g/mol. The predicted octanol–water partition coefficient (Wildman–Crippen LogP) is 2.63. The molecule has 0 N–H and O–H groups in total. The second-order valence-electron chi connectivity index (χ2n) is 7.36. The van der Waals surface area contributed by atoms with Crippen LogP contribution in [-0.4, -0.2) is 55.8 Å². The first-order chi connectivity index (χ1) is 14.3. The van der Waals surface area contributed by atoms with Gasteiger partial charge in [0.25, 0.3) is 5.91 Å². The van der Waals surface area contributed by atoms with Crippen LogP contribution < -0.4 is 0 Å². The Kier molecular flexibility index (Phi) is 6.87. The third-order valence-corrected chi connectivity index (χ3v) is 6.89. The Morgan fingerprint density at radius 3 is 2.30 bits per heavy atom. The SMILES string of the molecule is CC(C)OCc1ccc(C(=O)N2CCN(S(=O)(=O)c3ccccc3C#N)CC2)cc1. The van der Waals surface area contributed by atoms with Gasteiger partial charge in [0, 0.05) is 31.7 Å². The summed E-state index contributed by atoms with van der Waals surface area (Å²) in [6.07, 6.45) is 0.138. The zero-order chi connectivity index (χ0) is 21.7. The van der Waals surface area contributed by atoms with Gasteiger partial charge in [-0.1, -0.05) is 24.3 Å². The van der Waals surface area contributed by atoms with Gasteiger partial charge in [0.15, 0.2) is 0 Å². The van der Waals surface area contributed by atoms with Gasteiger partial charge in [0.2, 0.25) is 10.0 Å². The first-order valence-electron chi connectivity index (χ1n) is 9.82. The summed E-state index contributed by atoms with van der Waals surface area (Å²) < 4.78 is 32.7. The molecular weight excluding hydrogens is 402 g/mol. The summed E-state index contributed by atoms with van der Waals surface area (Å²) >= 11 is 0. The van der Waals surface area contributed by atoms with Gasteiger partial charge in [-0.05, 0) is 43.7 Å². The highest BCUT2D eigenvalue weighted by atomic mass is 32.2. The first kappa shape index (κ1) is 22.0. The fourth-order valence-electron chi connectivity index (χ4n) is 3.24. The van der Waals surface area contributed by atoms with Crippen molar-refractivity contribution in [3.63, 3.8) is 0 Å². The van der Waals surface area contributed by atoms with Crippen molar-refractivity contribution < 1.29 is 17.9 Å². The van der Waals surface area contributed by atoms with Crippen LogP contribution in [0.15, 0.2) is 53.4 Å². The summed E-state index contributed by atoms with van der Waals surface area (Å²) in [6.45, 7) is 5.40. The summed E-state index contributed by atoms with van der Waals surface area (Å²) in [5.74, 6) is -0.124. The van der Waals surface area contributed by atoms with Crippen molar-refractivity contribution in [2.45, 2.75) is 31.5 Å². The van der Waals surface area contributed by atoms with E-state index in [0.717, 1.165) is 5.56 Å². The lowest BCUT2D eigenvalue weighted by molar-refractivity contribution is 0.0654. The summed E-state index contributed by atoms with van der Waals surface area (Å²) in [4.78, 5) is 14.4. The lowest BCUT2D eigenvalue weighted by Crippen LogP contribution is -2.50. The van der Waals surface area contributed by atoms with E-state index in [9.17, 15) is 18.5 Å². The molecule has 30 heavy (non-hydrogen) atoms. The molecule has 1 saturated heterocycles. The highest BCUT2D eigenvalue weighted by molar-refractivity contribution is 7.89. The number of amides is 1. The van der Waals surface area contributed by atoms with Crippen molar-refractivity contribution in [1.29, 1.82) is 5.26 Å². The van der Waals surface area contributed by atoms with E-state index in [1.165, 1.54) is 16.4 Å². The van der Waals surface area contributed by atoms with E-state index in [1.807, 2.05) is 32.0 Å². The molecule has 1 fully saturated rings. The summed E-state index contributed by atoms with van der Waals surface area (Å²) in [6, 6.07) is 15.4. The number of rotatable bonds is 6. The summed E-state index contributed by atoms with van der Waals surface area (Å²) in [5, 5.41) is 9.21. The summed E-state index contributed by atoms with van der Waals surface area (Å²) in [5.41, 5.74) is 1.68. The van der Waals surface area contributed by atoms with Gasteiger partial charge in [0.1, 0.15) is 6.07 Å². The Balaban J connectivity index is 1.64. The molecule has 1 amide bonds. The molecule has 0 aliphatic carbocycles. The molecule has 0 radical (unpaired) electrons. The van der Waals surface area contributed by atoms with E-state index >= 15 is 0 Å².